The number of rotatable bonds is 9. The molecule has 29 heavy (non-hydrogen) atoms. The summed E-state index contributed by atoms with van der Waals surface area (Å²) in [5, 5.41) is 14.6. The summed E-state index contributed by atoms with van der Waals surface area (Å²) >= 11 is 15.5. The monoisotopic (exact) mass is 465 g/mol. The summed E-state index contributed by atoms with van der Waals surface area (Å²) in [7, 11) is 0. The van der Waals surface area contributed by atoms with Crippen LogP contribution in [0.25, 0.3) is 6.08 Å². The second kappa shape index (κ2) is 10.7. The summed E-state index contributed by atoms with van der Waals surface area (Å²) in [6.07, 6.45) is 2.09. The minimum Gasteiger partial charge on any atom is -0.486 e. The Hall–Kier alpha value is -1.99. The predicted octanol–water partition coefficient (Wildman–Crippen LogP) is 6.43. The fraction of sp³-hybridized carbons (Fsp3) is 0.143. The fourth-order valence-corrected chi connectivity index (χ4v) is 4.73. The van der Waals surface area contributed by atoms with Crippen molar-refractivity contribution in [3.63, 3.8) is 0 Å². The van der Waals surface area contributed by atoms with E-state index in [4.69, 9.17) is 27.9 Å². The lowest BCUT2D eigenvalue weighted by molar-refractivity contribution is -0.136. The first kappa shape index (κ1) is 21.7. The van der Waals surface area contributed by atoms with Gasteiger partial charge in [-0.15, -0.1) is 11.8 Å². The van der Waals surface area contributed by atoms with Crippen molar-refractivity contribution in [3.05, 3.63) is 86.0 Å². The van der Waals surface area contributed by atoms with Gasteiger partial charge < -0.3 is 9.84 Å². The number of benzene rings is 1. The molecule has 2 heterocycles. The number of ether oxygens (including phenoxy) is 1. The zero-order valence-corrected chi connectivity index (χ0v) is 18.3. The number of halogens is 2. The van der Waals surface area contributed by atoms with Gasteiger partial charge in [0.15, 0.2) is 0 Å². The van der Waals surface area contributed by atoms with Gasteiger partial charge in [-0.25, -0.2) is 4.79 Å². The van der Waals surface area contributed by atoms with E-state index in [2.05, 4.69) is 4.98 Å². The predicted molar refractivity (Wildman–Crippen MR) is 120 cm³/mol. The molecule has 0 aliphatic carbocycles. The van der Waals surface area contributed by atoms with Crippen molar-refractivity contribution in [3.8, 4) is 0 Å². The summed E-state index contributed by atoms with van der Waals surface area (Å²) in [5.41, 5.74) is 2.42. The molecule has 0 saturated heterocycles. The number of aliphatic carboxylic acids is 1. The van der Waals surface area contributed by atoms with E-state index in [1.54, 1.807) is 35.6 Å². The van der Waals surface area contributed by atoms with Crippen LogP contribution in [0, 0.1) is 0 Å². The average Bonchev–Trinajstić information content (AvgIpc) is 3.20. The van der Waals surface area contributed by atoms with Gasteiger partial charge in [0, 0.05) is 23.1 Å². The van der Waals surface area contributed by atoms with Crippen LogP contribution in [0.1, 0.15) is 17.0 Å². The van der Waals surface area contributed by atoms with E-state index in [0.29, 0.717) is 27.9 Å². The molecular weight excluding hydrogens is 449 g/mol. The summed E-state index contributed by atoms with van der Waals surface area (Å²) in [4.78, 5) is 16.8. The zero-order valence-electron chi connectivity index (χ0n) is 15.2. The van der Waals surface area contributed by atoms with Gasteiger partial charge in [-0.05, 0) is 46.7 Å². The van der Waals surface area contributed by atoms with E-state index in [0.717, 1.165) is 16.2 Å². The van der Waals surface area contributed by atoms with E-state index in [-0.39, 0.29) is 12.4 Å². The Morgan fingerprint density at radius 2 is 1.93 bits per heavy atom. The minimum absolute atomic E-state index is 0.133. The van der Waals surface area contributed by atoms with Crippen molar-refractivity contribution in [2.45, 2.75) is 17.1 Å². The van der Waals surface area contributed by atoms with E-state index in [1.165, 1.54) is 17.8 Å². The number of carboxylic acid groups (broad SMARTS) is 1. The number of thioether (sulfide) groups is 1. The zero-order chi connectivity index (χ0) is 20.6. The third-order valence-electron chi connectivity index (χ3n) is 3.83. The van der Waals surface area contributed by atoms with E-state index in [1.807, 2.05) is 29.0 Å². The topological polar surface area (TPSA) is 59.4 Å². The second-order valence-electron chi connectivity index (χ2n) is 5.94. The molecule has 0 amide bonds. The molecule has 0 aliphatic rings. The average molecular weight is 466 g/mol. The number of hydrogen-bond acceptors (Lipinski definition) is 5. The molecule has 2 aromatic heterocycles. The highest BCUT2D eigenvalue weighted by Crippen LogP contribution is 2.35. The van der Waals surface area contributed by atoms with Crippen LogP contribution in [-0.2, 0) is 21.7 Å². The molecule has 1 N–H and O–H groups in total. The largest absolute Gasteiger partial charge is 0.486 e. The molecule has 4 nitrogen and oxygen atoms in total. The van der Waals surface area contributed by atoms with Crippen LogP contribution in [0.4, 0.5) is 0 Å². The van der Waals surface area contributed by atoms with Gasteiger partial charge in [0.2, 0.25) is 5.76 Å². The lowest BCUT2D eigenvalue weighted by Crippen LogP contribution is -2.07. The molecule has 1 aromatic carbocycles. The number of hydrogen-bond donors (Lipinski definition) is 1. The number of aromatic nitrogens is 1. The first-order chi connectivity index (χ1) is 14.0. The summed E-state index contributed by atoms with van der Waals surface area (Å²) in [6.45, 7) is 0.287. The summed E-state index contributed by atoms with van der Waals surface area (Å²) in [6, 6.07) is 12.8. The first-order valence-electron chi connectivity index (χ1n) is 8.64. The summed E-state index contributed by atoms with van der Waals surface area (Å²) < 4.78 is 5.47. The second-order valence-corrected chi connectivity index (χ2v) is 8.52. The van der Waals surface area contributed by atoms with Crippen LogP contribution < -0.4 is 0 Å². The SMILES string of the molecule is O=C(O)/C(=C\c1cccc(CSc2c(Cl)cccc2Cl)n1)OCCc1ccsc1. The minimum atomic E-state index is -1.13. The van der Waals surface area contributed by atoms with Crippen LogP contribution >= 0.6 is 46.3 Å². The van der Waals surface area contributed by atoms with Gasteiger partial charge in [-0.1, -0.05) is 35.3 Å². The van der Waals surface area contributed by atoms with Crippen LogP contribution in [0.3, 0.4) is 0 Å². The molecule has 0 unspecified atom stereocenters. The summed E-state index contributed by atoms with van der Waals surface area (Å²) in [5.74, 6) is -0.710. The van der Waals surface area contributed by atoms with E-state index >= 15 is 0 Å². The number of pyridine rings is 1. The highest BCUT2D eigenvalue weighted by Gasteiger charge is 2.11. The Morgan fingerprint density at radius 3 is 2.62 bits per heavy atom. The highest BCUT2D eigenvalue weighted by molar-refractivity contribution is 7.98. The first-order valence-corrected chi connectivity index (χ1v) is 11.3. The van der Waals surface area contributed by atoms with Gasteiger partial charge >= 0.3 is 5.97 Å². The molecule has 150 valence electrons. The van der Waals surface area contributed by atoms with Crippen molar-refractivity contribution in [2.24, 2.45) is 0 Å². The van der Waals surface area contributed by atoms with Crippen LogP contribution in [0.2, 0.25) is 10.0 Å². The number of nitrogens with zero attached hydrogens (tertiary/aromatic N) is 1. The molecule has 0 bridgehead atoms. The van der Waals surface area contributed by atoms with Gasteiger partial charge in [-0.3, -0.25) is 4.98 Å². The van der Waals surface area contributed by atoms with Crippen LogP contribution in [0.5, 0.6) is 0 Å². The molecule has 0 radical (unpaired) electrons. The Kier molecular flexibility index (Phi) is 8.00. The molecule has 0 aliphatic heterocycles. The molecular formula is C21H17Cl2NO3S2. The molecule has 0 saturated carbocycles. The maximum absolute atomic E-state index is 11.5. The van der Waals surface area contributed by atoms with Crippen LogP contribution in [-0.4, -0.2) is 22.7 Å². The molecule has 0 spiro atoms. The molecule has 8 heteroatoms. The van der Waals surface area contributed by atoms with Gasteiger partial charge in [0.25, 0.3) is 0 Å². The van der Waals surface area contributed by atoms with Crippen molar-refractivity contribution >= 4 is 58.3 Å². The van der Waals surface area contributed by atoms with Crippen molar-refractivity contribution < 1.29 is 14.6 Å². The Morgan fingerprint density at radius 1 is 1.17 bits per heavy atom. The van der Waals surface area contributed by atoms with E-state index in [9.17, 15) is 9.90 Å². The molecule has 0 atom stereocenters. The van der Waals surface area contributed by atoms with E-state index < -0.39 is 5.97 Å². The normalized spacial score (nSPS) is 11.4. The smallest absolute Gasteiger partial charge is 0.371 e. The molecule has 3 aromatic rings. The Labute approximate surface area is 187 Å². The fourth-order valence-electron chi connectivity index (χ4n) is 2.44. The van der Waals surface area contributed by atoms with Gasteiger partial charge in [-0.2, -0.15) is 11.3 Å². The Balaban J connectivity index is 1.66. The van der Waals surface area contributed by atoms with Crippen molar-refractivity contribution in [2.75, 3.05) is 6.61 Å². The maximum atomic E-state index is 11.5. The lowest BCUT2D eigenvalue weighted by Gasteiger charge is -2.08. The number of carboxylic acids is 1. The number of carbonyl (C=O) groups is 1. The third-order valence-corrected chi connectivity index (χ3v) is 6.58. The van der Waals surface area contributed by atoms with Crippen molar-refractivity contribution in [1.29, 1.82) is 0 Å². The van der Waals surface area contributed by atoms with Gasteiger partial charge in [0.05, 0.1) is 28.0 Å². The molecule has 0 fully saturated rings. The molecule has 3 rings (SSSR count). The standard InChI is InChI=1S/C21H17Cl2NO3S2/c22-17-5-2-6-18(23)20(17)29-13-16-4-1-3-15(24-16)11-19(21(25)26)27-9-7-14-8-10-28-12-14/h1-6,8,10-12H,7,9,13H2,(H,25,26)/b19-11+. The number of thiophene rings is 1. The quantitative estimate of drug-likeness (QED) is 0.224. The highest BCUT2D eigenvalue weighted by atomic mass is 35.5. The van der Waals surface area contributed by atoms with Crippen molar-refractivity contribution in [1.82, 2.24) is 4.98 Å². The maximum Gasteiger partial charge on any atom is 0.371 e. The van der Waals surface area contributed by atoms with Crippen LogP contribution in [0.15, 0.2) is 63.9 Å². The van der Waals surface area contributed by atoms with Gasteiger partial charge in [0.1, 0.15) is 0 Å². The Bertz CT molecular complexity index is 987. The lowest BCUT2D eigenvalue weighted by atomic mass is 10.2. The third kappa shape index (κ3) is 6.51.